The summed E-state index contributed by atoms with van der Waals surface area (Å²) >= 11 is 3.31. The van der Waals surface area contributed by atoms with Gasteiger partial charge in [-0.3, -0.25) is 0 Å². The Balaban J connectivity index is 2.06. The highest BCUT2D eigenvalue weighted by molar-refractivity contribution is 9.10. The van der Waals surface area contributed by atoms with Crippen LogP contribution in [0.4, 0.5) is 10.5 Å². The number of hydrogen-bond acceptors (Lipinski definition) is 2. The number of benzene rings is 1. The van der Waals surface area contributed by atoms with Crippen LogP contribution >= 0.6 is 15.9 Å². The van der Waals surface area contributed by atoms with Crippen molar-refractivity contribution in [1.29, 1.82) is 0 Å². The minimum Gasteiger partial charge on any atom is -0.478 e. The van der Waals surface area contributed by atoms with E-state index in [2.05, 4.69) is 40.4 Å². The highest BCUT2D eigenvalue weighted by Gasteiger charge is 2.35. The Morgan fingerprint density at radius 1 is 1.38 bits per heavy atom. The minimum absolute atomic E-state index is 0.0947. The van der Waals surface area contributed by atoms with Crippen LogP contribution in [-0.2, 0) is 0 Å². The molecule has 0 spiro atoms. The van der Waals surface area contributed by atoms with Crippen LogP contribution in [0.1, 0.15) is 43.5 Å². The van der Waals surface area contributed by atoms with Crippen LogP contribution in [0.2, 0.25) is 0 Å². The molecule has 1 atom stereocenters. The van der Waals surface area contributed by atoms with E-state index in [1.54, 1.807) is 6.07 Å². The molecule has 5 nitrogen and oxygen atoms in total. The zero-order valence-electron chi connectivity index (χ0n) is 12.1. The lowest BCUT2D eigenvalue weighted by atomic mass is 9.87. The van der Waals surface area contributed by atoms with Crippen LogP contribution in [0.3, 0.4) is 0 Å². The molecule has 0 bridgehead atoms. The maximum Gasteiger partial charge on any atom is 0.335 e. The highest BCUT2D eigenvalue weighted by atomic mass is 79.9. The van der Waals surface area contributed by atoms with Gasteiger partial charge < -0.3 is 15.7 Å². The van der Waals surface area contributed by atoms with Gasteiger partial charge in [-0.15, -0.1) is 0 Å². The Morgan fingerprint density at radius 2 is 2.10 bits per heavy atom. The molecule has 2 rings (SSSR count). The molecule has 3 N–H and O–H groups in total. The van der Waals surface area contributed by atoms with Gasteiger partial charge in [0.25, 0.3) is 0 Å². The minimum atomic E-state index is -1.03. The zero-order chi connectivity index (χ0) is 15.6. The van der Waals surface area contributed by atoms with E-state index in [9.17, 15) is 9.59 Å². The Bertz CT molecular complexity index is 572. The van der Waals surface area contributed by atoms with E-state index in [1.807, 2.05) is 0 Å². The van der Waals surface area contributed by atoms with Crippen LogP contribution in [-0.4, -0.2) is 23.1 Å². The molecule has 0 heterocycles. The Kier molecular flexibility index (Phi) is 4.56. The summed E-state index contributed by atoms with van der Waals surface area (Å²) in [6, 6.07) is 4.36. The first-order valence-corrected chi connectivity index (χ1v) is 7.69. The van der Waals surface area contributed by atoms with Crippen LogP contribution in [0.5, 0.6) is 0 Å². The van der Waals surface area contributed by atoms with Crippen molar-refractivity contribution in [3.05, 3.63) is 28.2 Å². The third-order valence-electron chi connectivity index (χ3n) is 4.02. The molecule has 0 aromatic heterocycles. The highest BCUT2D eigenvalue weighted by Crippen LogP contribution is 2.37. The van der Waals surface area contributed by atoms with Crippen molar-refractivity contribution in [2.75, 3.05) is 5.32 Å². The molecule has 6 heteroatoms. The maximum absolute atomic E-state index is 12.1. The molecule has 2 amide bonds. The number of hydrogen-bond donors (Lipinski definition) is 3. The van der Waals surface area contributed by atoms with Crippen molar-refractivity contribution >= 4 is 33.6 Å². The lowest BCUT2D eigenvalue weighted by Crippen LogP contribution is -2.43. The molecule has 1 aromatic rings. The summed E-state index contributed by atoms with van der Waals surface area (Å²) in [6.07, 6.45) is 3.17. The molecule has 1 fully saturated rings. The Labute approximate surface area is 132 Å². The molecule has 1 saturated carbocycles. The van der Waals surface area contributed by atoms with Crippen LogP contribution in [0, 0.1) is 5.41 Å². The SMILES string of the molecule is CC1(C)CCCC1NC(=O)Nc1cc(C(=O)O)ccc1Br. The van der Waals surface area contributed by atoms with Gasteiger partial charge in [-0.05, 0) is 52.4 Å². The number of carbonyl (C=O) groups excluding carboxylic acids is 1. The third-order valence-corrected chi connectivity index (χ3v) is 4.72. The van der Waals surface area contributed by atoms with Gasteiger partial charge in [-0.1, -0.05) is 20.3 Å². The Morgan fingerprint density at radius 3 is 2.67 bits per heavy atom. The molecular formula is C15H19BrN2O3. The van der Waals surface area contributed by atoms with Crippen molar-refractivity contribution in [1.82, 2.24) is 5.32 Å². The van der Waals surface area contributed by atoms with E-state index in [0.717, 1.165) is 19.3 Å². The number of aromatic carboxylic acids is 1. The van der Waals surface area contributed by atoms with E-state index in [0.29, 0.717) is 10.2 Å². The smallest absolute Gasteiger partial charge is 0.335 e. The maximum atomic E-state index is 12.1. The number of carbonyl (C=O) groups is 2. The number of nitrogens with one attached hydrogen (secondary N) is 2. The van der Waals surface area contributed by atoms with Crippen molar-refractivity contribution in [3.63, 3.8) is 0 Å². The van der Waals surface area contributed by atoms with E-state index >= 15 is 0 Å². The molecule has 1 unspecified atom stereocenters. The van der Waals surface area contributed by atoms with E-state index in [-0.39, 0.29) is 23.1 Å². The number of halogens is 1. The second-order valence-electron chi connectivity index (χ2n) is 6.03. The van der Waals surface area contributed by atoms with Gasteiger partial charge in [0, 0.05) is 10.5 Å². The molecule has 21 heavy (non-hydrogen) atoms. The first-order chi connectivity index (χ1) is 9.79. The molecule has 0 radical (unpaired) electrons. The summed E-state index contributed by atoms with van der Waals surface area (Å²) < 4.78 is 0.647. The van der Waals surface area contributed by atoms with E-state index in [4.69, 9.17) is 5.11 Å². The van der Waals surface area contributed by atoms with Crippen LogP contribution in [0.25, 0.3) is 0 Å². The number of urea groups is 1. The fraction of sp³-hybridized carbons (Fsp3) is 0.467. The van der Waals surface area contributed by atoms with E-state index < -0.39 is 5.97 Å². The van der Waals surface area contributed by atoms with Crippen molar-refractivity contribution in [3.8, 4) is 0 Å². The lowest BCUT2D eigenvalue weighted by Gasteiger charge is -2.27. The van der Waals surface area contributed by atoms with Gasteiger partial charge in [0.15, 0.2) is 0 Å². The molecule has 1 aliphatic rings. The summed E-state index contributed by atoms with van der Waals surface area (Å²) in [4.78, 5) is 23.1. The molecule has 114 valence electrons. The molecule has 0 aliphatic heterocycles. The van der Waals surface area contributed by atoms with Crippen LogP contribution in [0.15, 0.2) is 22.7 Å². The van der Waals surface area contributed by atoms with Gasteiger partial charge in [0.1, 0.15) is 0 Å². The summed E-state index contributed by atoms with van der Waals surface area (Å²) in [6.45, 7) is 4.29. The summed E-state index contributed by atoms with van der Waals surface area (Å²) in [5.41, 5.74) is 0.676. The number of carboxylic acids is 1. The first kappa shape index (κ1) is 15.8. The summed E-state index contributed by atoms with van der Waals surface area (Å²) in [5, 5.41) is 14.7. The lowest BCUT2D eigenvalue weighted by molar-refractivity contribution is 0.0697. The predicted molar refractivity (Wildman–Crippen MR) is 84.7 cm³/mol. The molecular weight excluding hydrogens is 336 g/mol. The largest absolute Gasteiger partial charge is 0.478 e. The van der Waals surface area contributed by atoms with Gasteiger partial charge in [-0.2, -0.15) is 0 Å². The fourth-order valence-electron chi connectivity index (χ4n) is 2.67. The molecule has 0 saturated heterocycles. The quantitative estimate of drug-likeness (QED) is 0.771. The first-order valence-electron chi connectivity index (χ1n) is 6.90. The van der Waals surface area contributed by atoms with Crippen molar-refractivity contribution in [2.45, 2.75) is 39.2 Å². The van der Waals surface area contributed by atoms with Crippen LogP contribution < -0.4 is 10.6 Å². The zero-order valence-corrected chi connectivity index (χ0v) is 13.7. The van der Waals surface area contributed by atoms with Gasteiger partial charge in [0.05, 0.1) is 11.3 Å². The molecule has 1 aromatic carbocycles. The third kappa shape index (κ3) is 3.75. The van der Waals surface area contributed by atoms with Gasteiger partial charge in [0.2, 0.25) is 0 Å². The average molecular weight is 355 g/mol. The molecule has 1 aliphatic carbocycles. The fourth-order valence-corrected chi connectivity index (χ4v) is 3.01. The standard InChI is InChI=1S/C15H19BrN2O3/c1-15(2)7-3-4-12(15)18-14(21)17-11-8-9(13(19)20)5-6-10(11)16/h5-6,8,12H,3-4,7H2,1-2H3,(H,19,20)(H2,17,18,21). The number of carboxylic acid groups (broad SMARTS) is 1. The normalized spacial score (nSPS) is 20.0. The monoisotopic (exact) mass is 354 g/mol. The van der Waals surface area contributed by atoms with Crippen molar-refractivity contribution < 1.29 is 14.7 Å². The predicted octanol–water partition coefficient (Wildman–Crippen LogP) is 3.85. The second kappa shape index (κ2) is 6.05. The second-order valence-corrected chi connectivity index (χ2v) is 6.89. The Hall–Kier alpha value is -1.56. The topological polar surface area (TPSA) is 78.4 Å². The number of amides is 2. The number of anilines is 1. The number of rotatable bonds is 3. The average Bonchev–Trinajstić information content (AvgIpc) is 2.71. The van der Waals surface area contributed by atoms with Gasteiger partial charge >= 0.3 is 12.0 Å². The van der Waals surface area contributed by atoms with Gasteiger partial charge in [-0.25, -0.2) is 9.59 Å². The summed E-state index contributed by atoms with van der Waals surface area (Å²) in [7, 11) is 0. The van der Waals surface area contributed by atoms with E-state index in [1.165, 1.54) is 12.1 Å². The summed E-state index contributed by atoms with van der Waals surface area (Å²) in [5.74, 6) is -1.03. The van der Waals surface area contributed by atoms with Crippen molar-refractivity contribution in [2.24, 2.45) is 5.41 Å².